The van der Waals surface area contributed by atoms with E-state index in [0.717, 1.165) is 42.7 Å². The molecule has 2 aromatic carbocycles. The highest BCUT2D eigenvalue weighted by Crippen LogP contribution is 2.29. The second kappa shape index (κ2) is 8.14. The highest BCUT2D eigenvalue weighted by molar-refractivity contribution is 7.15. The monoisotopic (exact) mass is 434 g/mol. The third-order valence-electron chi connectivity index (χ3n) is 5.20. The Labute approximate surface area is 183 Å². The molecule has 0 fully saturated rings. The van der Waals surface area contributed by atoms with Crippen molar-refractivity contribution in [2.45, 2.75) is 19.5 Å². The molecule has 5 nitrogen and oxygen atoms in total. The maximum atomic E-state index is 12.7. The zero-order valence-electron chi connectivity index (χ0n) is 16.1. The normalized spacial score (nSPS) is 13.9. The topological polar surface area (TPSA) is 58.1 Å². The van der Waals surface area contributed by atoms with E-state index in [4.69, 9.17) is 11.6 Å². The van der Waals surface area contributed by atoms with Crippen LogP contribution < -0.4 is 5.32 Å². The lowest BCUT2D eigenvalue weighted by atomic mass is 10.1. The van der Waals surface area contributed by atoms with Crippen molar-refractivity contribution in [3.05, 3.63) is 87.5 Å². The van der Waals surface area contributed by atoms with Gasteiger partial charge >= 0.3 is 0 Å². The molecule has 1 aliphatic heterocycles. The van der Waals surface area contributed by atoms with Gasteiger partial charge in [-0.25, -0.2) is 9.97 Å². The molecule has 30 heavy (non-hydrogen) atoms. The van der Waals surface area contributed by atoms with Crippen LogP contribution in [0.15, 0.2) is 60.7 Å². The molecule has 1 N–H and O–H groups in total. The number of pyridine rings is 1. The molecule has 5 rings (SSSR count). The maximum Gasteiger partial charge on any atom is 0.257 e. The molecule has 4 aromatic rings. The van der Waals surface area contributed by atoms with E-state index < -0.39 is 0 Å². The number of carbonyl (C=O) groups is 1. The molecule has 0 saturated carbocycles. The summed E-state index contributed by atoms with van der Waals surface area (Å²) in [5.41, 5.74) is 3.75. The van der Waals surface area contributed by atoms with Crippen molar-refractivity contribution in [1.29, 1.82) is 0 Å². The third-order valence-corrected chi connectivity index (χ3v) is 6.41. The number of anilines is 1. The summed E-state index contributed by atoms with van der Waals surface area (Å²) >= 11 is 7.50. The Morgan fingerprint density at radius 1 is 1.10 bits per heavy atom. The van der Waals surface area contributed by atoms with Crippen LogP contribution in [0.3, 0.4) is 0 Å². The van der Waals surface area contributed by atoms with Crippen LogP contribution in [0.1, 0.15) is 26.5 Å². The first-order chi connectivity index (χ1) is 14.6. The Morgan fingerprint density at radius 3 is 2.83 bits per heavy atom. The number of carbonyl (C=O) groups excluding carboxylic acids is 1. The van der Waals surface area contributed by atoms with Crippen molar-refractivity contribution in [2.24, 2.45) is 0 Å². The number of nitrogens with zero attached hydrogens (tertiary/aromatic N) is 3. The second-order valence-electron chi connectivity index (χ2n) is 7.33. The standard InChI is InChI=1S/C23H19ClN4OS/c24-21-9-7-16-12-17(6-8-18(16)25-21)22(29)27-23-26-19-10-11-28(14-20(19)30-23)13-15-4-2-1-3-5-15/h1-9,12H,10-11,13-14H2,(H,26,27,29). The summed E-state index contributed by atoms with van der Waals surface area (Å²) in [4.78, 5) is 25.3. The van der Waals surface area contributed by atoms with E-state index in [9.17, 15) is 4.79 Å². The van der Waals surface area contributed by atoms with E-state index in [-0.39, 0.29) is 5.91 Å². The van der Waals surface area contributed by atoms with Gasteiger partial charge in [-0.05, 0) is 35.9 Å². The maximum absolute atomic E-state index is 12.7. The SMILES string of the molecule is O=C(Nc1nc2c(s1)CN(Cc1ccccc1)CC2)c1ccc2nc(Cl)ccc2c1. The number of thiazole rings is 1. The van der Waals surface area contributed by atoms with Gasteiger partial charge in [0.25, 0.3) is 5.91 Å². The molecule has 0 spiro atoms. The van der Waals surface area contributed by atoms with Crippen LogP contribution in [-0.2, 0) is 19.5 Å². The lowest BCUT2D eigenvalue weighted by Crippen LogP contribution is -2.29. The van der Waals surface area contributed by atoms with Crippen LogP contribution in [0.4, 0.5) is 5.13 Å². The summed E-state index contributed by atoms with van der Waals surface area (Å²) < 4.78 is 0. The molecule has 0 radical (unpaired) electrons. The number of amides is 1. The zero-order valence-corrected chi connectivity index (χ0v) is 17.7. The summed E-state index contributed by atoms with van der Waals surface area (Å²) in [6.07, 6.45) is 0.900. The molecule has 0 aliphatic carbocycles. The number of fused-ring (bicyclic) bond motifs is 2. The quantitative estimate of drug-likeness (QED) is 0.451. The number of rotatable bonds is 4. The Morgan fingerprint density at radius 2 is 1.97 bits per heavy atom. The number of hydrogen-bond acceptors (Lipinski definition) is 5. The average molecular weight is 435 g/mol. The lowest BCUT2D eigenvalue weighted by Gasteiger charge is -2.25. The van der Waals surface area contributed by atoms with Crippen LogP contribution >= 0.6 is 22.9 Å². The Balaban J connectivity index is 1.29. The van der Waals surface area contributed by atoms with Crippen LogP contribution in [0, 0.1) is 0 Å². The Bertz CT molecular complexity index is 1220. The summed E-state index contributed by atoms with van der Waals surface area (Å²) in [7, 11) is 0. The van der Waals surface area contributed by atoms with Gasteiger partial charge in [0.1, 0.15) is 5.15 Å². The first kappa shape index (κ1) is 19.2. The average Bonchev–Trinajstić information content (AvgIpc) is 3.15. The summed E-state index contributed by atoms with van der Waals surface area (Å²) in [5.74, 6) is -0.168. The summed E-state index contributed by atoms with van der Waals surface area (Å²) in [6.45, 7) is 2.76. The minimum absolute atomic E-state index is 0.168. The van der Waals surface area contributed by atoms with Crippen LogP contribution in [0.25, 0.3) is 10.9 Å². The number of nitrogens with one attached hydrogen (secondary N) is 1. The first-order valence-electron chi connectivity index (χ1n) is 9.76. The largest absolute Gasteiger partial charge is 0.298 e. The predicted molar refractivity (Wildman–Crippen MR) is 121 cm³/mol. The van der Waals surface area contributed by atoms with Gasteiger partial charge in [-0.15, -0.1) is 11.3 Å². The minimum atomic E-state index is -0.168. The fourth-order valence-corrected chi connectivity index (χ4v) is 4.89. The van der Waals surface area contributed by atoms with Crippen LogP contribution in [-0.4, -0.2) is 27.3 Å². The molecule has 1 amide bonds. The minimum Gasteiger partial charge on any atom is -0.298 e. The van der Waals surface area contributed by atoms with Gasteiger partial charge in [0.05, 0.1) is 11.2 Å². The molecule has 0 saturated heterocycles. The van der Waals surface area contributed by atoms with E-state index >= 15 is 0 Å². The van der Waals surface area contributed by atoms with Crippen LogP contribution in [0.5, 0.6) is 0 Å². The number of benzene rings is 2. The lowest BCUT2D eigenvalue weighted by molar-refractivity contribution is 0.102. The second-order valence-corrected chi connectivity index (χ2v) is 8.80. The van der Waals surface area contributed by atoms with E-state index in [1.807, 2.05) is 24.3 Å². The first-order valence-corrected chi connectivity index (χ1v) is 11.0. The van der Waals surface area contributed by atoms with E-state index in [1.165, 1.54) is 10.4 Å². The molecule has 0 unspecified atom stereocenters. The highest BCUT2D eigenvalue weighted by atomic mass is 35.5. The van der Waals surface area contributed by atoms with Gasteiger partial charge in [0.15, 0.2) is 5.13 Å². The highest BCUT2D eigenvalue weighted by Gasteiger charge is 2.21. The summed E-state index contributed by atoms with van der Waals surface area (Å²) in [5, 5.41) is 4.93. The molecule has 2 aromatic heterocycles. The molecule has 0 bridgehead atoms. The van der Waals surface area contributed by atoms with Crippen molar-refractivity contribution in [2.75, 3.05) is 11.9 Å². The molecular formula is C23H19ClN4OS. The fourth-order valence-electron chi connectivity index (χ4n) is 3.69. The van der Waals surface area contributed by atoms with Gasteiger partial charge < -0.3 is 0 Å². The van der Waals surface area contributed by atoms with Gasteiger partial charge in [-0.3, -0.25) is 15.0 Å². The molecule has 1 aliphatic rings. The van der Waals surface area contributed by atoms with E-state index in [2.05, 4.69) is 44.5 Å². The molecule has 3 heterocycles. The third kappa shape index (κ3) is 4.07. The summed E-state index contributed by atoms with van der Waals surface area (Å²) in [6, 6.07) is 19.5. The van der Waals surface area contributed by atoms with Gasteiger partial charge in [0, 0.05) is 41.9 Å². The van der Waals surface area contributed by atoms with Crippen molar-refractivity contribution in [3.8, 4) is 0 Å². The number of hydrogen-bond donors (Lipinski definition) is 1. The Hall–Kier alpha value is -2.80. The van der Waals surface area contributed by atoms with Gasteiger partial charge in [-0.1, -0.05) is 41.9 Å². The van der Waals surface area contributed by atoms with Crippen molar-refractivity contribution >= 4 is 44.9 Å². The van der Waals surface area contributed by atoms with Crippen molar-refractivity contribution < 1.29 is 4.79 Å². The smallest absolute Gasteiger partial charge is 0.257 e. The fraction of sp³-hybridized carbons (Fsp3) is 0.174. The zero-order chi connectivity index (χ0) is 20.5. The van der Waals surface area contributed by atoms with Gasteiger partial charge in [0.2, 0.25) is 0 Å². The van der Waals surface area contributed by atoms with E-state index in [1.54, 1.807) is 23.5 Å². The molecular weight excluding hydrogens is 416 g/mol. The van der Waals surface area contributed by atoms with Crippen molar-refractivity contribution in [1.82, 2.24) is 14.9 Å². The molecule has 7 heteroatoms. The molecule has 150 valence electrons. The Kier molecular flexibility index (Phi) is 5.21. The number of aromatic nitrogens is 2. The van der Waals surface area contributed by atoms with E-state index in [0.29, 0.717) is 15.8 Å². The molecule has 0 atom stereocenters. The number of halogens is 1. The van der Waals surface area contributed by atoms with Gasteiger partial charge in [-0.2, -0.15) is 0 Å². The van der Waals surface area contributed by atoms with Crippen molar-refractivity contribution in [3.63, 3.8) is 0 Å². The predicted octanol–water partition coefficient (Wildman–Crippen LogP) is 5.16. The van der Waals surface area contributed by atoms with Crippen LogP contribution in [0.2, 0.25) is 5.15 Å².